The molecule has 0 aromatic heterocycles. The van der Waals surface area contributed by atoms with Crippen LogP contribution in [-0.4, -0.2) is 46.1 Å². The van der Waals surface area contributed by atoms with Crippen molar-refractivity contribution >= 4 is 23.2 Å². The van der Waals surface area contributed by atoms with E-state index in [0.29, 0.717) is 6.54 Å². The highest BCUT2D eigenvalue weighted by atomic mass is 16.5. The van der Waals surface area contributed by atoms with Crippen molar-refractivity contribution in [2.24, 2.45) is 5.92 Å². The van der Waals surface area contributed by atoms with Gasteiger partial charge in [-0.15, -0.1) is 0 Å². The van der Waals surface area contributed by atoms with Gasteiger partial charge in [-0.05, 0) is 36.4 Å². The molecule has 1 heterocycles. The molecule has 0 aliphatic carbocycles. The quantitative estimate of drug-likeness (QED) is 0.795. The second kappa shape index (κ2) is 9.16. The Kier molecular flexibility index (Phi) is 6.40. The molecule has 1 N–H and O–H groups in total. The maximum Gasteiger partial charge on any atom is 0.227 e. The van der Waals surface area contributed by atoms with Crippen molar-refractivity contribution in [3.63, 3.8) is 0 Å². The van der Waals surface area contributed by atoms with Crippen molar-refractivity contribution in [1.82, 2.24) is 5.32 Å². The van der Waals surface area contributed by atoms with Crippen LogP contribution in [0, 0.1) is 17.8 Å². The first-order valence-electron chi connectivity index (χ1n) is 9.47. The van der Waals surface area contributed by atoms with Crippen LogP contribution in [0.4, 0.5) is 11.4 Å². The number of anilines is 2. The minimum absolute atomic E-state index is 0.0543. The van der Waals surface area contributed by atoms with E-state index in [-0.39, 0.29) is 30.7 Å². The van der Waals surface area contributed by atoms with Crippen LogP contribution < -0.4 is 19.9 Å². The van der Waals surface area contributed by atoms with E-state index in [1.807, 2.05) is 55.4 Å². The highest BCUT2D eigenvalue weighted by Gasteiger charge is 2.34. The lowest BCUT2D eigenvalue weighted by Gasteiger charge is -2.17. The number of benzene rings is 2. The first-order valence-corrected chi connectivity index (χ1v) is 9.47. The van der Waals surface area contributed by atoms with Crippen molar-refractivity contribution in [3.8, 4) is 17.6 Å². The molecule has 150 valence electrons. The molecule has 6 nitrogen and oxygen atoms in total. The second-order valence-electron chi connectivity index (χ2n) is 7.03. The van der Waals surface area contributed by atoms with Crippen LogP contribution in [0.5, 0.6) is 5.75 Å². The molecule has 1 unspecified atom stereocenters. The molecule has 0 spiro atoms. The zero-order valence-electron chi connectivity index (χ0n) is 16.9. The van der Waals surface area contributed by atoms with Gasteiger partial charge in [0.2, 0.25) is 11.8 Å². The van der Waals surface area contributed by atoms with Gasteiger partial charge in [0.15, 0.2) is 0 Å². The average Bonchev–Trinajstić information content (AvgIpc) is 3.13. The molecule has 3 rings (SSSR count). The molecule has 29 heavy (non-hydrogen) atoms. The third kappa shape index (κ3) is 4.88. The molecule has 0 bridgehead atoms. The van der Waals surface area contributed by atoms with Crippen molar-refractivity contribution in [2.75, 3.05) is 44.1 Å². The standard InChI is InChI=1S/C23H25N3O3/c1-25(2)21-9-5-4-7-17(21)8-6-14-24-23(28)18-15-22(27)26(16-18)19-10-12-20(29-3)13-11-19/h4-5,7,9-13,18H,14-16H2,1-3H3,(H,24,28). The summed E-state index contributed by atoms with van der Waals surface area (Å²) in [7, 11) is 5.53. The van der Waals surface area contributed by atoms with E-state index in [2.05, 4.69) is 17.2 Å². The molecule has 2 amide bonds. The summed E-state index contributed by atoms with van der Waals surface area (Å²) in [6.07, 6.45) is 0.203. The first-order chi connectivity index (χ1) is 14.0. The van der Waals surface area contributed by atoms with Gasteiger partial charge in [0.25, 0.3) is 0 Å². The number of methoxy groups -OCH3 is 1. The highest BCUT2D eigenvalue weighted by molar-refractivity contribution is 6.00. The topological polar surface area (TPSA) is 61.9 Å². The molecular formula is C23H25N3O3. The van der Waals surface area contributed by atoms with Crippen molar-refractivity contribution in [3.05, 3.63) is 54.1 Å². The SMILES string of the molecule is COc1ccc(N2CC(C(=O)NCC#Cc3ccccc3N(C)C)CC2=O)cc1. The predicted octanol–water partition coefficient (Wildman–Crippen LogP) is 2.28. The number of amides is 2. The summed E-state index contributed by atoms with van der Waals surface area (Å²) in [6, 6.07) is 15.1. The number of para-hydroxylation sites is 1. The van der Waals surface area contributed by atoms with Crippen LogP contribution in [0.2, 0.25) is 0 Å². The molecule has 1 aliphatic heterocycles. The first kappa shape index (κ1) is 20.3. The normalized spacial score (nSPS) is 15.5. The van der Waals surface area contributed by atoms with Crippen molar-refractivity contribution < 1.29 is 14.3 Å². The van der Waals surface area contributed by atoms with Gasteiger partial charge in [-0.1, -0.05) is 24.0 Å². The Bertz CT molecular complexity index is 942. The second-order valence-corrected chi connectivity index (χ2v) is 7.03. The number of nitrogens with zero attached hydrogens (tertiary/aromatic N) is 2. The van der Waals surface area contributed by atoms with Crippen LogP contribution in [0.3, 0.4) is 0 Å². The maximum atomic E-state index is 12.5. The van der Waals surface area contributed by atoms with Crippen LogP contribution in [0.25, 0.3) is 0 Å². The van der Waals surface area contributed by atoms with E-state index in [1.54, 1.807) is 24.1 Å². The summed E-state index contributed by atoms with van der Waals surface area (Å²) in [5.41, 5.74) is 2.71. The van der Waals surface area contributed by atoms with Gasteiger partial charge in [-0.3, -0.25) is 9.59 Å². The lowest BCUT2D eigenvalue weighted by atomic mass is 10.1. The van der Waals surface area contributed by atoms with Gasteiger partial charge < -0.3 is 19.9 Å². The molecule has 1 aliphatic rings. The largest absolute Gasteiger partial charge is 0.497 e. The highest BCUT2D eigenvalue weighted by Crippen LogP contribution is 2.26. The van der Waals surface area contributed by atoms with E-state index in [9.17, 15) is 9.59 Å². The van der Waals surface area contributed by atoms with E-state index >= 15 is 0 Å². The van der Waals surface area contributed by atoms with Crippen LogP contribution in [-0.2, 0) is 9.59 Å². The molecule has 1 atom stereocenters. The van der Waals surface area contributed by atoms with Gasteiger partial charge >= 0.3 is 0 Å². The van der Waals surface area contributed by atoms with E-state index in [1.165, 1.54) is 0 Å². The third-order valence-electron chi connectivity index (χ3n) is 4.84. The number of carbonyl (C=O) groups excluding carboxylic acids is 2. The number of hydrogen-bond donors (Lipinski definition) is 1. The van der Waals surface area contributed by atoms with Gasteiger partial charge in [-0.25, -0.2) is 0 Å². The summed E-state index contributed by atoms with van der Waals surface area (Å²) in [4.78, 5) is 28.5. The zero-order chi connectivity index (χ0) is 20.8. The minimum Gasteiger partial charge on any atom is -0.497 e. The Morgan fingerprint density at radius 2 is 1.93 bits per heavy atom. The smallest absolute Gasteiger partial charge is 0.227 e. The Labute approximate surface area is 171 Å². The summed E-state index contributed by atoms with van der Waals surface area (Å²) in [5, 5.41) is 2.83. The number of nitrogens with one attached hydrogen (secondary N) is 1. The fourth-order valence-corrected chi connectivity index (χ4v) is 3.28. The van der Waals surface area contributed by atoms with Gasteiger partial charge in [-0.2, -0.15) is 0 Å². The van der Waals surface area contributed by atoms with E-state index < -0.39 is 0 Å². The molecule has 1 fully saturated rings. The van der Waals surface area contributed by atoms with Gasteiger partial charge in [0, 0.05) is 38.3 Å². The zero-order valence-corrected chi connectivity index (χ0v) is 16.9. The van der Waals surface area contributed by atoms with Crippen LogP contribution in [0.1, 0.15) is 12.0 Å². The summed E-state index contributed by atoms with van der Waals surface area (Å²) in [6.45, 7) is 0.613. The number of hydrogen-bond acceptors (Lipinski definition) is 4. The number of carbonyl (C=O) groups is 2. The molecule has 1 saturated heterocycles. The molecule has 0 saturated carbocycles. The van der Waals surface area contributed by atoms with Crippen LogP contribution in [0.15, 0.2) is 48.5 Å². The molecule has 2 aromatic rings. The van der Waals surface area contributed by atoms with Gasteiger partial charge in [0.05, 0.1) is 25.3 Å². The Balaban J connectivity index is 1.56. The van der Waals surface area contributed by atoms with Crippen molar-refractivity contribution in [2.45, 2.75) is 6.42 Å². The van der Waals surface area contributed by atoms with Crippen molar-refractivity contribution in [1.29, 1.82) is 0 Å². The third-order valence-corrected chi connectivity index (χ3v) is 4.84. The molecule has 6 heteroatoms. The number of ether oxygens (including phenoxy) is 1. The number of rotatable bonds is 5. The molecular weight excluding hydrogens is 366 g/mol. The Morgan fingerprint density at radius 1 is 1.21 bits per heavy atom. The minimum atomic E-state index is -0.375. The fourth-order valence-electron chi connectivity index (χ4n) is 3.28. The predicted molar refractivity (Wildman–Crippen MR) is 114 cm³/mol. The Hall–Kier alpha value is -3.46. The maximum absolute atomic E-state index is 12.5. The lowest BCUT2D eigenvalue weighted by molar-refractivity contribution is -0.126. The molecule has 0 radical (unpaired) electrons. The summed E-state index contributed by atoms with van der Waals surface area (Å²) >= 11 is 0. The Morgan fingerprint density at radius 3 is 2.62 bits per heavy atom. The van der Waals surface area contributed by atoms with E-state index in [0.717, 1.165) is 22.7 Å². The summed E-state index contributed by atoms with van der Waals surface area (Å²) in [5.74, 6) is 6.24. The molecule has 2 aromatic carbocycles. The van der Waals surface area contributed by atoms with E-state index in [4.69, 9.17) is 4.74 Å². The average molecular weight is 391 g/mol. The van der Waals surface area contributed by atoms with Crippen LogP contribution >= 0.6 is 0 Å². The lowest BCUT2D eigenvalue weighted by Crippen LogP contribution is -2.33. The summed E-state index contributed by atoms with van der Waals surface area (Å²) < 4.78 is 5.14. The van der Waals surface area contributed by atoms with Gasteiger partial charge in [0.1, 0.15) is 5.75 Å². The monoisotopic (exact) mass is 391 g/mol. The fraction of sp³-hybridized carbons (Fsp3) is 0.304.